The van der Waals surface area contributed by atoms with Crippen LogP contribution in [-0.4, -0.2) is 23.7 Å². The Bertz CT molecular complexity index is 866. The maximum atomic E-state index is 12.7. The van der Waals surface area contributed by atoms with Crippen molar-refractivity contribution in [1.29, 1.82) is 0 Å². The first-order chi connectivity index (χ1) is 11.3. The highest BCUT2D eigenvalue weighted by molar-refractivity contribution is 6.07. The van der Waals surface area contributed by atoms with Crippen molar-refractivity contribution >= 4 is 17.4 Å². The van der Waals surface area contributed by atoms with Gasteiger partial charge in [-0.3, -0.25) is 14.4 Å². The molecule has 1 aromatic carbocycles. The smallest absolute Gasteiger partial charge is 0.263 e. The number of anilines is 1. The molecule has 0 fully saturated rings. The molecule has 0 spiro atoms. The molecule has 0 aliphatic heterocycles. The molecule has 24 heavy (non-hydrogen) atoms. The SMILES string of the molecule is CN(C(=O)c1cc2c([nH]c1=O)CC(C)(C)CC2=O)c1ccccc1. The van der Waals surface area contributed by atoms with Crippen molar-refractivity contribution in [3.05, 3.63) is 63.6 Å². The van der Waals surface area contributed by atoms with Gasteiger partial charge < -0.3 is 9.88 Å². The van der Waals surface area contributed by atoms with E-state index >= 15 is 0 Å². The molecule has 0 bridgehead atoms. The third-order valence-corrected chi connectivity index (χ3v) is 4.40. The number of fused-ring (bicyclic) bond motifs is 1. The Morgan fingerprint density at radius 2 is 1.79 bits per heavy atom. The summed E-state index contributed by atoms with van der Waals surface area (Å²) in [7, 11) is 1.61. The van der Waals surface area contributed by atoms with Crippen molar-refractivity contribution in [3.63, 3.8) is 0 Å². The second kappa shape index (κ2) is 5.74. The van der Waals surface area contributed by atoms with E-state index < -0.39 is 11.5 Å². The van der Waals surface area contributed by atoms with Gasteiger partial charge in [0, 0.05) is 30.4 Å². The Morgan fingerprint density at radius 3 is 2.46 bits per heavy atom. The standard InChI is InChI=1S/C19H20N2O3/c1-19(2)10-15-13(16(22)11-19)9-14(17(23)20-15)18(24)21(3)12-7-5-4-6-8-12/h4-9H,10-11H2,1-3H3,(H,20,23). The summed E-state index contributed by atoms with van der Waals surface area (Å²) >= 11 is 0. The van der Waals surface area contributed by atoms with E-state index in [-0.39, 0.29) is 16.8 Å². The molecule has 3 rings (SSSR count). The zero-order valence-electron chi connectivity index (χ0n) is 14.1. The Hall–Kier alpha value is -2.69. The summed E-state index contributed by atoms with van der Waals surface area (Å²) in [5.74, 6) is -0.461. The number of rotatable bonds is 2. The highest BCUT2D eigenvalue weighted by atomic mass is 16.2. The molecule has 1 aromatic heterocycles. The molecule has 1 aliphatic rings. The number of para-hydroxylation sites is 1. The lowest BCUT2D eigenvalue weighted by Crippen LogP contribution is -2.35. The molecule has 0 saturated heterocycles. The average Bonchev–Trinajstić information content (AvgIpc) is 2.52. The predicted molar refractivity (Wildman–Crippen MR) is 92.7 cm³/mol. The van der Waals surface area contributed by atoms with Crippen LogP contribution in [0.4, 0.5) is 5.69 Å². The van der Waals surface area contributed by atoms with Gasteiger partial charge in [-0.1, -0.05) is 32.0 Å². The third-order valence-electron chi connectivity index (χ3n) is 4.40. The molecule has 1 heterocycles. The van der Waals surface area contributed by atoms with Crippen LogP contribution in [0.15, 0.2) is 41.2 Å². The van der Waals surface area contributed by atoms with E-state index in [4.69, 9.17) is 0 Å². The molecule has 1 aliphatic carbocycles. The second-order valence-electron chi connectivity index (χ2n) is 7.05. The van der Waals surface area contributed by atoms with E-state index in [1.165, 1.54) is 11.0 Å². The molecule has 5 nitrogen and oxygen atoms in total. The molecule has 0 unspecified atom stereocenters. The number of carbonyl (C=O) groups is 2. The van der Waals surface area contributed by atoms with E-state index in [9.17, 15) is 14.4 Å². The van der Waals surface area contributed by atoms with Crippen LogP contribution < -0.4 is 10.5 Å². The van der Waals surface area contributed by atoms with Crippen molar-refractivity contribution < 1.29 is 9.59 Å². The van der Waals surface area contributed by atoms with Gasteiger partial charge in [0.15, 0.2) is 5.78 Å². The van der Waals surface area contributed by atoms with E-state index in [0.717, 1.165) is 0 Å². The number of hydrogen-bond acceptors (Lipinski definition) is 3. The fourth-order valence-corrected chi connectivity index (χ4v) is 3.14. The van der Waals surface area contributed by atoms with E-state index in [1.54, 1.807) is 19.2 Å². The quantitative estimate of drug-likeness (QED) is 0.923. The first kappa shape index (κ1) is 16.2. The Labute approximate surface area is 140 Å². The number of nitrogens with one attached hydrogen (secondary N) is 1. The monoisotopic (exact) mass is 324 g/mol. The second-order valence-corrected chi connectivity index (χ2v) is 7.05. The number of ketones is 1. The normalized spacial score (nSPS) is 15.7. The highest BCUT2D eigenvalue weighted by Crippen LogP contribution is 2.33. The Morgan fingerprint density at radius 1 is 1.12 bits per heavy atom. The number of aromatic nitrogens is 1. The zero-order chi connectivity index (χ0) is 17.5. The van der Waals surface area contributed by atoms with Crippen LogP contribution in [0.2, 0.25) is 0 Å². The molecule has 0 saturated carbocycles. The van der Waals surface area contributed by atoms with Gasteiger partial charge in [0.05, 0.1) is 0 Å². The summed E-state index contributed by atoms with van der Waals surface area (Å²) in [5.41, 5.74) is 1.13. The molecule has 1 N–H and O–H groups in total. The van der Waals surface area contributed by atoms with Gasteiger partial charge in [-0.25, -0.2) is 0 Å². The number of benzene rings is 1. The number of carbonyl (C=O) groups excluding carboxylic acids is 2. The maximum Gasteiger partial charge on any atom is 0.263 e. The maximum absolute atomic E-state index is 12.7. The molecular formula is C19H20N2O3. The molecular weight excluding hydrogens is 304 g/mol. The van der Waals surface area contributed by atoms with E-state index in [0.29, 0.717) is 29.8 Å². The summed E-state index contributed by atoms with van der Waals surface area (Å²) < 4.78 is 0. The van der Waals surface area contributed by atoms with Gasteiger partial charge in [-0.2, -0.15) is 0 Å². The molecule has 5 heteroatoms. The van der Waals surface area contributed by atoms with Gasteiger partial charge in [-0.15, -0.1) is 0 Å². The summed E-state index contributed by atoms with van der Waals surface area (Å²) in [4.78, 5) is 41.6. The van der Waals surface area contributed by atoms with Crippen LogP contribution in [0.3, 0.4) is 0 Å². The number of amides is 1. The molecule has 2 aromatic rings. The van der Waals surface area contributed by atoms with Gasteiger partial charge in [0.1, 0.15) is 5.56 Å². The number of aromatic amines is 1. The lowest BCUT2D eigenvalue weighted by Gasteiger charge is -2.30. The van der Waals surface area contributed by atoms with Gasteiger partial charge >= 0.3 is 0 Å². The topological polar surface area (TPSA) is 70.2 Å². The number of pyridine rings is 1. The highest BCUT2D eigenvalue weighted by Gasteiger charge is 2.33. The summed E-state index contributed by atoms with van der Waals surface area (Å²) in [6.45, 7) is 3.99. The molecule has 0 radical (unpaired) electrons. The minimum Gasteiger partial charge on any atom is -0.325 e. The Balaban J connectivity index is 2.01. The molecule has 1 amide bonds. The third kappa shape index (κ3) is 2.89. The number of H-pyrrole nitrogens is 1. The van der Waals surface area contributed by atoms with Crippen LogP contribution in [-0.2, 0) is 6.42 Å². The fraction of sp³-hybridized carbons (Fsp3) is 0.316. The summed E-state index contributed by atoms with van der Waals surface area (Å²) in [6, 6.07) is 10.5. The van der Waals surface area contributed by atoms with Gasteiger partial charge in [-0.05, 0) is 30.0 Å². The summed E-state index contributed by atoms with van der Waals surface area (Å²) in [6.07, 6.45) is 1.03. The van der Waals surface area contributed by atoms with Crippen LogP contribution >= 0.6 is 0 Å². The van der Waals surface area contributed by atoms with Crippen molar-refractivity contribution in [1.82, 2.24) is 4.98 Å². The number of hydrogen-bond donors (Lipinski definition) is 1. The van der Waals surface area contributed by atoms with Crippen molar-refractivity contribution in [2.24, 2.45) is 5.41 Å². The first-order valence-electron chi connectivity index (χ1n) is 7.91. The zero-order valence-corrected chi connectivity index (χ0v) is 14.1. The molecule has 0 atom stereocenters. The van der Waals surface area contributed by atoms with Crippen LogP contribution in [0, 0.1) is 5.41 Å². The molecule has 124 valence electrons. The number of Topliss-reactive ketones (excluding diaryl/α,β-unsaturated/α-hetero) is 1. The van der Waals surface area contributed by atoms with Gasteiger partial charge in [0.2, 0.25) is 0 Å². The van der Waals surface area contributed by atoms with Crippen molar-refractivity contribution in [2.75, 3.05) is 11.9 Å². The van der Waals surface area contributed by atoms with Crippen LogP contribution in [0.5, 0.6) is 0 Å². The minimum atomic E-state index is -0.452. The van der Waals surface area contributed by atoms with Crippen LogP contribution in [0.1, 0.15) is 46.7 Å². The van der Waals surface area contributed by atoms with Crippen molar-refractivity contribution in [2.45, 2.75) is 26.7 Å². The fourth-order valence-electron chi connectivity index (χ4n) is 3.14. The van der Waals surface area contributed by atoms with Crippen molar-refractivity contribution in [3.8, 4) is 0 Å². The largest absolute Gasteiger partial charge is 0.325 e. The lowest BCUT2D eigenvalue weighted by molar-refractivity contribution is 0.0910. The van der Waals surface area contributed by atoms with Crippen LogP contribution in [0.25, 0.3) is 0 Å². The van der Waals surface area contributed by atoms with Gasteiger partial charge in [0.25, 0.3) is 11.5 Å². The minimum absolute atomic E-state index is 0.00633. The Kier molecular flexibility index (Phi) is 3.87. The van der Waals surface area contributed by atoms with E-state index in [2.05, 4.69) is 4.98 Å². The summed E-state index contributed by atoms with van der Waals surface area (Å²) in [5, 5.41) is 0. The lowest BCUT2D eigenvalue weighted by atomic mass is 9.75. The number of nitrogens with zero attached hydrogens (tertiary/aromatic N) is 1. The van der Waals surface area contributed by atoms with E-state index in [1.807, 2.05) is 32.0 Å². The average molecular weight is 324 g/mol. The predicted octanol–water partition coefficient (Wildman–Crippen LogP) is 2.81. The first-order valence-corrected chi connectivity index (χ1v) is 7.91.